The van der Waals surface area contributed by atoms with Crippen molar-refractivity contribution in [3.63, 3.8) is 0 Å². The predicted octanol–water partition coefficient (Wildman–Crippen LogP) is 2.59. The van der Waals surface area contributed by atoms with Crippen LogP contribution in [0.2, 0.25) is 0 Å². The van der Waals surface area contributed by atoms with E-state index in [4.69, 9.17) is 14.7 Å². The lowest BCUT2D eigenvalue weighted by atomic mass is 10.0. The quantitative estimate of drug-likeness (QED) is 0.587. The summed E-state index contributed by atoms with van der Waals surface area (Å²) in [5, 5.41) is 0. The van der Waals surface area contributed by atoms with E-state index in [1.165, 1.54) is 6.42 Å². The Hall–Kier alpha value is -2.58. The number of likely N-dealkylation sites (tertiary alicyclic amines) is 1. The van der Waals surface area contributed by atoms with Crippen LogP contribution in [-0.2, 0) is 29.0 Å². The number of carbonyl (C=O) groups is 1. The minimum atomic E-state index is 0.0943. The van der Waals surface area contributed by atoms with Crippen LogP contribution in [-0.4, -0.2) is 71.1 Å². The van der Waals surface area contributed by atoms with Gasteiger partial charge >= 0.3 is 0 Å². The minimum absolute atomic E-state index is 0.0943. The molecule has 8 nitrogen and oxygen atoms in total. The molecule has 0 bridgehead atoms. The SMILES string of the molecule is COCCCN(Cc1ccccn1)c1nc(C2CCCN2C)nc2c1CN(C(C)=O)CC2. The first-order valence-electron chi connectivity index (χ1n) is 11.6. The second kappa shape index (κ2) is 10.4. The van der Waals surface area contributed by atoms with Crippen LogP contribution in [0.3, 0.4) is 0 Å². The molecular weight excluding hydrogens is 404 g/mol. The molecule has 2 aliphatic rings. The van der Waals surface area contributed by atoms with E-state index >= 15 is 0 Å². The van der Waals surface area contributed by atoms with Crippen LogP contribution >= 0.6 is 0 Å². The Morgan fingerprint density at radius 1 is 1.28 bits per heavy atom. The molecule has 4 heterocycles. The summed E-state index contributed by atoms with van der Waals surface area (Å²) in [4.78, 5) is 33.4. The molecular formula is C24H34N6O2. The first-order chi connectivity index (χ1) is 15.6. The Bertz CT molecular complexity index is 922. The lowest BCUT2D eigenvalue weighted by Crippen LogP contribution is -2.38. The molecule has 1 atom stereocenters. The van der Waals surface area contributed by atoms with Crippen molar-refractivity contribution >= 4 is 11.7 Å². The fourth-order valence-corrected chi connectivity index (χ4v) is 4.68. The Morgan fingerprint density at radius 2 is 2.16 bits per heavy atom. The van der Waals surface area contributed by atoms with Gasteiger partial charge in [0.15, 0.2) is 0 Å². The lowest BCUT2D eigenvalue weighted by Gasteiger charge is -2.33. The van der Waals surface area contributed by atoms with Crippen LogP contribution < -0.4 is 4.90 Å². The van der Waals surface area contributed by atoms with Gasteiger partial charge in [-0.2, -0.15) is 0 Å². The van der Waals surface area contributed by atoms with Gasteiger partial charge in [-0.3, -0.25) is 14.7 Å². The van der Waals surface area contributed by atoms with E-state index in [2.05, 4.69) is 21.8 Å². The molecule has 1 unspecified atom stereocenters. The average molecular weight is 439 g/mol. The Balaban J connectivity index is 1.75. The highest BCUT2D eigenvalue weighted by Gasteiger charge is 2.31. The zero-order valence-corrected chi connectivity index (χ0v) is 19.5. The van der Waals surface area contributed by atoms with Gasteiger partial charge < -0.3 is 14.5 Å². The summed E-state index contributed by atoms with van der Waals surface area (Å²) in [7, 11) is 3.89. The monoisotopic (exact) mass is 438 g/mol. The fourth-order valence-electron chi connectivity index (χ4n) is 4.68. The lowest BCUT2D eigenvalue weighted by molar-refractivity contribution is -0.129. The van der Waals surface area contributed by atoms with Crippen molar-refractivity contribution in [2.75, 3.05) is 45.3 Å². The summed E-state index contributed by atoms with van der Waals surface area (Å²) < 4.78 is 5.32. The maximum absolute atomic E-state index is 12.1. The fraction of sp³-hybridized carbons (Fsp3) is 0.583. The van der Waals surface area contributed by atoms with E-state index in [-0.39, 0.29) is 11.9 Å². The van der Waals surface area contributed by atoms with Crippen LogP contribution in [0.4, 0.5) is 5.82 Å². The molecule has 8 heteroatoms. The van der Waals surface area contributed by atoms with Gasteiger partial charge in [0.25, 0.3) is 0 Å². The van der Waals surface area contributed by atoms with E-state index in [0.717, 1.165) is 60.9 Å². The van der Waals surface area contributed by atoms with Gasteiger partial charge in [0.2, 0.25) is 5.91 Å². The number of rotatable bonds is 8. The highest BCUT2D eigenvalue weighted by molar-refractivity contribution is 5.74. The summed E-state index contributed by atoms with van der Waals surface area (Å²) >= 11 is 0. The summed E-state index contributed by atoms with van der Waals surface area (Å²) in [6.07, 6.45) is 5.73. The highest BCUT2D eigenvalue weighted by atomic mass is 16.5. The molecule has 2 aromatic heterocycles. The van der Waals surface area contributed by atoms with Crippen LogP contribution in [0.5, 0.6) is 0 Å². The Morgan fingerprint density at radius 3 is 2.84 bits per heavy atom. The van der Waals surface area contributed by atoms with Crippen LogP contribution in [0.25, 0.3) is 0 Å². The number of hydrogen-bond acceptors (Lipinski definition) is 7. The van der Waals surface area contributed by atoms with Crippen LogP contribution in [0, 0.1) is 0 Å². The van der Waals surface area contributed by atoms with Crippen molar-refractivity contribution in [1.29, 1.82) is 0 Å². The second-order valence-corrected chi connectivity index (χ2v) is 8.75. The topological polar surface area (TPSA) is 74.7 Å². The van der Waals surface area contributed by atoms with Crippen molar-refractivity contribution in [1.82, 2.24) is 24.8 Å². The molecule has 0 saturated carbocycles. The van der Waals surface area contributed by atoms with Gasteiger partial charge in [0, 0.05) is 51.9 Å². The molecule has 2 aliphatic heterocycles. The molecule has 0 radical (unpaired) electrons. The average Bonchev–Trinajstić information content (AvgIpc) is 3.24. The van der Waals surface area contributed by atoms with Gasteiger partial charge in [-0.1, -0.05) is 6.07 Å². The molecule has 2 aromatic rings. The molecule has 0 spiro atoms. The normalized spacial score (nSPS) is 18.6. The second-order valence-electron chi connectivity index (χ2n) is 8.75. The van der Waals surface area contributed by atoms with E-state index in [9.17, 15) is 4.79 Å². The van der Waals surface area contributed by atoms with E-state index in [1.807, 2.05) is 29.3 Å². The van der Waals surface area contributed by atoms with Gasteiger partial charge in [-0.15, -0.1) is 0 Å². The number of nitrogens with zero attached hydrogens (tertiary/aromatic N) is 6. The van der Waals surface area contributed by atoms with Crippen molar-refractivity contribution < 1.29 is 9.53 Å². The molecule has 0 aromatic carbocycles. The van der Waals surface area contributed by atoms with Crippen LogP contribution in [0.15, 0.2) is 24.4 Å². The molecule has 0 N–H and O–H groups in total. The standard InChI is InChI=1S/C24H34N6O2/c1-18(31)29-14-10-21-20(17-29)24(27-23(26-21)22-9-6-12-28(22)2)30(13-7-15-32-3)16-19-8-4-5-11-25-19/h4-5,8,11,22H,6-7,9-10,12-17H2,1-3H3. The summed E-state index contributed by atoms with van der Waals surface area (Å²) in [5.41, 5.74) is 3.15. The summed E-state index contributed by atoms with van der Waals surface area (Å²) in [6, 6.07) is 6.25. The first-order valence-corrected chi connectivity index (χ1v) is 11.6. The molecule has 1 amide bonds. The van der Waals surface area contributed by atoms with Crippen molar-refractivity contribution in [3.8, 4) is 0 Å². The number of aromatic nitrogens is 3. The number of amides is 1. The molecule has 4 rings (SSSR count). The number of ether oxygens (including phenoxy) is 1. The number of pyridine rings is 1. The molecule has 32 heavy (non-hydrogen) atoms. The maximum atomic E-state index is 12.1. The molecule has 0 aliphatic carbocycles. The zero-order chi connectivity index (χ0) is 22.5. The van der Waals surface area contributed by atoms with Crippen molar-refractivity contribution in [2.45, 2.75) is 51.7 Å². The first kappa shape index (κ1) is 22.6. The van der Waals surface area contributed by atoms with Gasteiger partial charge in [-0.05, 0) is 45.0 Å². The number of methoxy groups -OCH3 is 1. The number of hydrogen-bond donors (Lipinski definition) is 0. The number of fused-ring (bicyclic) bond motifs is 1. The van der Waals surface area contributed by atoms with Gasteiger partial charge in [0.1, 0.15) is 11.6 Å². The third-order valence-electron chi connectivity index (χ3n) is 6.47. The predicted molar refractivity (Wildman–Crippen MR) is 123 cm³/mol. The largest absolute Gasteiger partial charge is 0.385 e. The molecule has 172 valence electrons. The molecule has 1 fully saturated rings. The summed E-state index contributed by atoms with van der Waals surface area (Å²) in [5.74, 6) is 1.95. The molecule has 1 saturated heterocycles. The van der Waals surface area contributed by atoms with E-state index in [0.29, 0.717) is 26.2 Å². The Kier molecular flexibility index (Phi) is 7.32. The van der Waals surface area contributed by atoms with Gasteiger partial charge in [-0.25, -0.2) is 9.97 Å². The minimum Gasteiger partial charge on any atom is -0.385 e. The number of carbonyl (C=O) groups excluding carboxylic acids is 1. The van der Waals surface area contributed by atoms with Crippen molar-refractivity contribution in [2.24, 2.45) is 0 Å². The van der Waals surface area contributed by atoms with E-state index in [1.54, 1.807) is 14.0 Å². The highest BCUT2D eigenvalue weighted by Crippen LogP contribution is 2.33. The van der Waals surface area contributed by atoms with Crippen LogP contribution in [0.1, 0.15) is 55.0 Å². The van der Waals surface area contributed by atoms with Gasteiger partial charge in [0.05, 0.1) is 30.5 Å². The maximum Gasteiger partial charge on any atom is 0.219 e. The van der Waals surface area contributed by atoms with Crippen molar-refractivity contribution in [3.05, 3.63) is 47.2 Å². The number of anilines is 1. The van der Waals surface area contributed by atoms with E-state index < -0.39 is 0 Å². The third-order valence-corrected chi connectivity index (χ3v) is 6.47. The Labute approximate surface area is 190 Å². The smallest absolute Gasteiger partial charge is 0.219 e. The third kappa shape index (κ3) is 5.07. The summed E-state index contributed by atoms with van der Waals surface area (Å²) in [6.45, 7) is 6.12. The zero-order valence-electron chi connectivity index (χ0n) is 19.5.